The summed E-state index contributed by atoms with van der Waals surface area (Å²) in [6.45, 7) is 0.659. The molecule has 110 valence electrons. The summed E-state index contributed by atoms with van der Waals surface area (Å²) < 4.78 is 5.19. The molecule has 0 radical (unpaired) electrons. The summed E-state index contributed by atoms with van der Waals surface area (Å²) in [4.78, 5) is 12.2. The maximum absolute atomic E-state index is 12.2. The monoisotopic (exact) mass is 315 g/mol. The lowest BCUT2D eigenvalue weighted by Crippen LogP contribution is -2.31. The van der Waals surface area contributed by atoms with Crippen molar-refractivity contribution in [2.45, 2.75) is 19.3 Å². The van der Waals surface area contributed by atoms with Gasteiger partial charge in [0, 0.05) is 17.4 Å². The molecule has 1 aromatic carbocycles. The summed E-state index contributed by atoms with van der Waals surface area (Å²) in [5.41, 5.74) is 0.473. The highest BCUT2D eigenvalue weighted by atomic mass is 35.5. The highest BCUT2D eigenvalue weighted by molar-refractivity contribution is 6.31. The Labute approximate surface area is 129 Å². The maximum atomic E-state index is 12.2. The molecule has 0 aliphatic heterocycles. The summed E-state index contributed by atoms with van der Waals surface area (Å²) in [7, 11) is 1.54. The number of hydrogen-bond acceptors (Lipinski definition) is 2. The molecule has 1 fully saturated rings. The Morgan fingerprint density at radius 1 is 1.40 bits per heavy atom. The van der Waals surface area contributed by atoms with E-state index in [0.717, 1.165) is 12.8 Å². The summed E-state index contributed by atoms with van der Waals surface area (Å²) in [5.74, 6) is 2.04. The zero-order chi connectivity index (χ0) is 14.5. The standard InChI is InChI=1S/C15H19Cl2NO2/c1-20-14-6-5-12(17)7-13(14)15(19)18-9-11-4-2-3-10(11)8-16/h5-7,10-11H,2-4,8-9H2,1H3,(H,18,19). The van der Waals surface area contributed by atoms with Crippen molar-refractivity contribution in [1.29, 1.82) is 0 Å². The van der Waals surface area contributed by atoms with Crippen molar-refractivity contribution in [2.24, 2.45) is 11.8 Å². The molecule has 1 aliphatic rings. The van der Waals surface area contributed by atoms with Gasteiger partial charge in [-0.25, -0.2) is 0 Å². The van der Waals surface area contributed by atoms with E-state index in [1.807, 2.05) is 0 Å². The van der Waals surface area contributed by atoms with Crippen molar-refractivity contribution in [1.82, 2.24) is 5.32 Å². The highest BCUT2D eigenvalue weighted by Gasteiger charge is 2.27. The van der Waals surface area contributed by atoms with Gasteiger partial charge in [-0.15, -0.1) is 11.6 Å². The number of halogens is 2. The molecule has 20 heavy (non-hydrogen) atoms. The van der Waals surface area contributed by atoms with Crippen LogP contribution in [0.4, 0.5) is 0 Å². The number of carbonyl (C=O) groups excluding carboxylic acids is 1. The molecule has 2 rings (SSSR count). The van der Waals surface area contributed by atoms with Crippen LogP contribution in [-0.4, -0.2) is 25.4 Å². The number of alkyl halides is 1. The Morgan fingerprint density at radius 2 is 2.15 bits per heavy atom. The summed E-state index contributed by atoms with van der Waals surface area (Å²) in [6.07, 6.45) is 3.48. The van der Waals surface area contributed by atoms with Crippen molar-refractivity contribution in [3.05, 3.63) is 28.8 Å². The first kappa shape index (κ1) is 15.5. The molecule has 0 saturated heterocycles. The lowest BCUT2D eigenvalue weighted by atomic mass is 9.98. The third-order valence-electron chi connectivity index (χ3n) is 3.95. The van der Waals surface area contributed by atoms with Crippen LogP contribution in [0.2, 0.25) is 5.02 Å². The maximum Gasteiger partial charge on any atom is 0.255 e. The minimum atomic E-state index is -0.149. The van der Waals surface area contributed by atoms with Gasteiger partial charge < -0.3 is 10.1 Å². The van der Waals surface area contributed by atoms with E-state index in [-0.39, 0.29) is 5.91 Å². The number of methoxy groups -OCH3 is 1. The number of benzene rings is 1. The number of rotatable bonds is 5. The van der Waals surface area contributed by atoms with Gasteiger partial charge in [0.1, 0.15) is 5.75 Å². The van der Waals surface area contributed by atoms with E-state index < -0.39 is 0 Å². The van der Waals surface area contributed by atoms with Crippen LogP contribution in [0.3, 0.4) is 0 Å². The SMILES string of the molecule is COc1ccc(Cl)cc1C(=O)NCC1CCCC1CCl. The fraction of sp³-hybridized carbons (Fsp3) is 0.533. The van der Waals surface area contributed by atoms with Gasteiger partial charge in [0.25, 0.3) is 5.91 Å². The largest absolute Gasteiger partial charge is 0.496 e. The minimum Gasteiger partial charge on any atom is -0.496 e. The Bertz CT molecular complexity index is 479. The van der Waals surface area contributed by atoms with Crippen molar-refractivity contribution >= 4 is 29.1 Å². The van der Waals surface area contributed by atoms with Crippen molar-refractivity contribution in [3.8, 4) is 5.75 Å². The first-order valence-corrected chi connectivity index (χ1v) is 7.74. The molecule has 5 heteroatoms. The smallest absolute Gasteiger partial charge is 0.255 e. The van der Waals surface area contributed by atoms with E-state index in [0.29, 0.717) is 40.6 Å². The van der Waals surface area contributed by atoms with Crippen molar-refractivity contribution in [3.63, 3.8) is 0 Å². The van der Waals surface area contributed by atoms with Crippen LogP contribution in [0.25, 0.3) is 0 Å². The van der Waals surface area contributed by atoms with Gasteiger partial charge in [0.2, 0.25) is 0 Å². The number of ether oxygens (including phenoxy) is 1. The van der Waals surface area contributed by atoms with E-state index >= 15 is 0 Å². The Balaban J connectivity index is 2.00. The zero-order valence-electron chi connectivity index (χ0n) is 11.5. The quantitative estimate of drug-likeness (QED) is 0.841. The topological polar surface area (TPSA) is 38.3 Å². The van der Waals surface area contributed by atoms with Gasteiger partial charge in [-0.3, -0.25) is 4.79 Å². The van der Waals surface area contributed by atoms with Gasteiger partial charge in [-0.1, -0.05) is 18.0 Å². The molecule has 3 nitrogen and oxygen atoms in total. The molecule has 2 unspecified atom stereocenters. The van der Waals surface area contributed by atoms with E-state index in [4.69, 9.17) is 27.9 Å². The lowest BCUT2D eigenvalue weighted by molar-refractivity contribution is 0.0941. The second-order valence-electron chi connectivity index (χ2n) is 5.16. The van der Waals surface area contributed by atoms with Crippen LogP contribution in [0.1, 0.15) is 29.6 Å². The number of nitrogens with one attached hydrogen (secondary N) is 1. The van der Waals surface area contributed by atoms with Gasteiger partial charge in [0.15, 0.2) is 0 Å². The van der Waals surface area contributed by atoms with Crippen molar-refractivity contribution in [2.75, 3.05) is 19.5 Å². The Morgan fingerprint density at radius 3 is 2.85 bits per heavy atom. The molecule has 0 aromatic heterocycles. The van der Waals surface area contributed by atoms with E-state index in [1.165, 1.54) is 6.42 Å². The molecule has 1 aromatic rings. The summed E-state index contributed by atoms with van der Waals surface area (Å²) >= 11 is 11.9. The van der Waals surface area contributed by atoms with Crippen LogP contribution >= 0.6 is 23.2 Å². The third kappa shape index (κ3) is 3.58. The fourth-order valence-corrected chi connectivity index (χ4v) is 3.34. The molecule has 1 amide bonds. The van der Waals surface area contributed by atoms with Crippen molar-refractivity contribution < 1.29 is 9.53 Å². The molecule has 2 atom stereocenters. The van der Waals surface area contributed by atoms with Crippen LogP contribution in [0.15, 0.2) is 18.2 Å². The molecular formula is C15H19Cl2NO2. The second-order valence-corrected chi connectivity index (χ2v) is 5.91. The van der Waals surface area contributed by atoms with Crippen LogP contribution in [-0.2, 0) is 0 Å². The average Bonchev–Trinajstić information content (AvgIpc) is 2.92. The predicted octanol–water partition coefficient (Wildman–Crippen LogP) is 3.73. The molecule has 0 heterocycles. The number of carbonyl (C=O) groups is 1. The minimum absolute atomic E-state index is 0.149. The van der Waals surface area contributed by atoms with E-state index in [1.54, 1.807) is 25.3 Å². The Kier molecular flexibility index (Phi) is 5.55. The number of hydrogen-bond donors (Lipinski definition) is 1. The normalized spacial score (nSPS) is 21.8. The number of amides is 1. The molecule has 0 spiro atoms. The molecular weight excluding hydrogens is 297 g/mol. The fourth-order valence-electron chi connectivity index (χ4n) is 2.76. The first-order valence-electron chi connectivity index (χ1n) is 6.83. The average molecular weight is 316 g/mol. The second kappa shape index (κ2) is 7.19. The highest BCUT2D eigenvalue weighted by Crippen LogP contribution is 2.32. The molecule has 1 aliphatic carbocycles. The van der Waals surface area contributed by atoms with E-state index in [2.05, 4.69) is 5.32 Å². The molecule has 0 bridgehead atoms. The molecule has 1 saturated carbocycles. The predicted molar refractivity (Wildman–Crippen MR) is 81.9 cm³/mol. The van der Waals surface area contributed by atoms with E-state index in [9.17, 15) is 4.79 Å². The van der Waals surface area contributed by atoms with Gasteiger partial charge in [0.05, 0.1) is 12.7 Å². The van der Waals surface area contributed by atoms with Crippen LogP contribution in [0, 0.1) is 11.8 Å². The van der Waals surface area contributed by atoms with Gasteiger partial charge >= 0.3 is 0 Å². The zero-order valence-corrected chi connectivity index (χ0v) is 13.0. The first-order chi connectivity index (χ1) is 9.65. The third-order valence-corrected chi connectivity index (χ3v) is 4.58. The van der Waals surface area contributed by atoms with Gasteiger partial charge in [-0.2, -0.15) is 0 Å². The van der Waals surface area contributed by atoms with Gasteiger partial charge in [-0.05, 0) is 42.9 Å². The van der Waals surface area contributed by atoms with Crippen LogP contribution < -0.4 is 10.1 Å². The summed E-state index contributed by atoms with van der Waals surface area (Å²) in [6, 6.07) is 5.04. The Hall–Kier alpha value is -0.930. The summed E-state index contributed by atoms with van der Waals surface area (Å²) in [5, 5.41) is 3.49. The molecule has 1 N–H and O–H groups in total. The van der Waals surface area contributed by atoms with Crippen LogP contribution in [0.5, 0.6) is 5.75 Å². The lowest BCUT2D eigenvalue weighted by Gasteiger charge is -2.18.